The average molecular weight is 521 g/mol. The Bertz CT molecular complexity index is 1690. The topological polar surface area (TPSA) is 69.8 Å². The maximum absolute atomic E-state index is 7.79. The molecule has 0 atom stereocenters. The first-order valence-corrected chi connectivity index (χ1v) is 13.9. The van der Waals surface area contributed by atoms with Crippen molar-refractivity contribution < 1.29 is 0 Å². The number of benzene rings is 3. The molecule has 1 aliphatic heterocycles. The smallest absolute Gasteiger partial charge is 0.164 e. The number of nitrogens with zero attached hydrogens (tertiary/aromatic N) is 4. The lowest BCUT2D eigenvalue weighted by Gasteiger charge is -2.31. The van der Waals surface area contributed by atoms with Crippen molar-refractivity contribution in [1.82, 2.24) is 14.8 Å². The summed E-state index contributed by atoms with van der Waals surface area (Å²) < 4.78 is 2.45. The lowest BCUT2D eigenvalue weighted by atomic mass is 9.89. The third-order valence-corrected chi connectivity index (χ3v) is 8.80. The second kappa shape index (κ2) is 9.40. The second-order valence-corrected chi connectivity index (χ2v) is 11.0. The average Bonchev–Trinajstić information content (AvgIpc) is 3.57. The van der Waals surface area contributed by atoms with Gasteiger partial charge in [-0.05, 0) is 66.8 Å². The maximum Gasteiger partial charge on any atom is 0.164 e. The van der Waals surface area contributed by atoms with Crippen LogP contribution in [0.4, 0.5) is 11.4 Å². The first kappa shape index (κ1) is 24.4. The Morgan fingerprint density at radius 3 is 2.45 bits per heavy atom. The van der Waals surface area contributed by atoms with Gasteiger partial charge in [-0.3, -0.25) is 0 Å². The highest BCUT2D eigenvalue weighted by Crippen LogP contribution is 2.46. The fourth-order valence-corrected chi connectivity index (χ4v) is 6.75. The maximum atomic E-state index is 7.79. The number of hydrogen-bond acceptors (Lipinski definition) is 6. The third kappa shape index (κ3) is 3.72. The Hall–Kier alpha value is -3.97. The molecule has 0 unspecified atom stereocenters. The fourth-order valence-electron chi connectivity index (χ4n) is 5.88. The van der Waals surface area contributed by atoms with Gasteiger partial charge in [0.25, 0.3) is 0 Å². The van der Waals surface area contributed by atoms with Crippen molar-refractivity contribution in [1.29, 1.82) is 5.41 Å². The number of likely N-dealkylation sites (N-methyl/N-ethyl adjacent to an activating group) is 1. The number of aromatic nitrogens is 3. The van der Waals surface area contributed by atoms with Crippen molar-refractivity contribution in [2.24, 2.45) is 0 Å². The van der Waals surface area contributed by atoms with Crippen LogP contribution in [0, 0.1) is 19.3 Å². The van der Waals surface area contributed by atoms with Gasteiger partial charge in [-0.2, -0.15) is 0 Å². The molecule has 0 fully saturated rings. The lowest BCUT2D eigenvalue weighted by Crippen LogP contribution is -2.29. The van der Waals surface area contributed by atoms with Gasteiger partial charge in [0, 0.05) is 55.6 Å². The zero-order valence-electron chi connectivity index (χ0n) is 22.5. The van der Waals surface area contributed by atoms with E-state index < -0.39 is 0 Å². The Labute approximate surface area is 227 Å². The Balaban J connectivity index is 1.57. The normalized spacial score (nSPS) is 12.8. The van der Waals surface area contributed by atoms with Crippen molar-refractivity contribution >= 4 is 39.8 Å². The first-order chi connectivity index (χ1) is 18.4. The SMILES string of the molecule is CCc1c(C)c2c3c(cc(-c4nnc(-c5ccc(NC)c(C=N)c5)s4)n3CCN2C)c1-c1ccc(C)cc1. The molecule has 2 N–H and O–H groups in total. The quantitative estimate of drug-likeness (QED) is 0.233. The van der Waals surface area contributed by atoms with E-state index in [1.54, 1.807) is 11.3 Å². The largest absolute Gasteiger partial charge is 0.388 e. The molecule has 0 aliphatic carbocycles. The third-order valence-electron chi connectivity index (χ3n) is 7.80. The van der Waals surface area contributed by atoms with Gasteiger partial charge in [0.1, 0.15) is 5.01 Å². The first-order valence-electron chi connectivity index (χ1n) is 13.1. The fraction of sp³-hybridized carbons (Fsp3) is 0.258. The van der Waals surface area contributed by atoms with Crippen LogP contribution in [0.5, 0.6) is 0 Å². The molecule has 5 aromatic rings. The van der Waals surface area contributed by atoms with Crippen LogP contribution in [-0.4, -0.2) is 41.6 Å². The molecule has 0 saturated heterocycles. The van der Waals surface area contributed by atoms with Crippen LogP contribution in [-0.2, 0) is 13.0 Å². The van der Waals surface area contributed by atoms with Crippen molar-refractivity contribution in [3.63, 3.8) is 0 Å². The van der Waals surface area contributed by atoms with E-state index in [1.165, 1.54) is 50.6 Å². The van der Waals surface area contributed by atoms with Gasteiger partial charge in [-0.1, -0.05) is 48.1 Å². The van der Waals surface area contributed by atoms with Crippen molar-refractivity contribution in [3.05, 3.63) is 70.8 Å². The van der Waals surface area contributed by atoms with Crippen molar-refractivity contribution in [3.8, 4) is 32.4 Å². The van der Waals surface area contributed by atoms with Crippen LogP contribution in [0.25, 0.3) is 43.3 Å². The molecule has 7 heteroatoms. The molecule has 0 radical (unpaired) electrons. The summed E-state index contributed by atoms with van der Waals surface area (Å²) >= 11 is 1.61. The molecular formula is C31H32N6S. The van der Waals surface area contributed by atoms with E-state index in [2.05, 4.69) is 83.1 Å². The highest BCUT2D eigenvalue weighted by atomic mass is 32.1. The summed E-state index contributed by atoms with van der Waals surface area (Å²) in [5.41, 5.74) is 13.1. The standard InChI is InChI=1S/C31H32N6S/c1-6-23-19(3)28-29-24(27(23)20-9-7-18(2)8-10-20)16-26(37(29)14-13-36(28)5)31-35-34-30(38-31)21-11-12-25(33-4)22(15-21)17-32/h7-12,15-17,32-33H,6,13-14H2,1-5H3. The molecule has 3 aromatic carbocycles. The van der Waals surface area contributed by atoms with Crippen molar-refractivity contribution in [2.45, 2.75) is 33.7 Å². The summed E-state index contributed by atoms with van der Waals surface area (Å²) in [6.45, 7) is 8.55. The molecule has 0 amide bonds. The summed E-state index contributed by atoms with van der Waals surface area (Å²) in [6, 6.07) is 17.3. The van der Waals surface area contributed by atoms with Crippen LogP contribution in [0.15, 0.2) is 48.5 Å². The van der Waals surface area contributed by atoms with Crippen LogP contribution in [0.2, 0.25) is 0 Å². The Morgan fingerprint density at radius 1 is 1.00 bits per heavy atom. The second-order valence-electron chi connectivity index (χ2n) is 10.0. The van der Waals surface area contributed by atoms with E-state index in [1.807, 2.05) is 25.2 Å². The Kier molecular flexibility index (Phi) is 6.03. The summed E-state index contributed by atoms with van der Waals surface area (Å²) in [4.78, 5) is 2.41. The molecule has 1 aliphatic rings. The predicted molar refractivity (Wildman–Crippen MR) is 161 cm³/mol. The minimum atomic E-state index is 0.836. The van der Waals surface area contributed by atoms with E-state index in [9.17, 15) is 0 Å². The van der Waals surface area contributed by atoms with Crippen molar-refractivity contribution in [2.75, 3.05) is 30.9 Å². The number of nitrogens with one attached hydrogen (secondary N) is 2. The molecule has 192 valence electrons. The zero-order chi connectivity index (χ0) is 26.6. The summed E-state index contributed by atoms with van der Waals surface area (Å²) in [5.74, 6) is 0. The molecule has 0 bridgehead atoms. The van der Waals surface area contributed by atoms with Gasteiger partial charge in [0.15, 0.2) is 5.01 Å². The van der Waals surface area contributed by atoms with E-state index in [4.69, 9.17) is 5.41 Å². The molecule has 2 aromatic heterocycles. The summed E-state index contributed by atoms with van der Waals surface area (Å²) in [5, 5.41) is 23.3. The minimum absolute atomic E-state index is 0.836. The van der Waals surface area contributed by atoms with Gasteiger partial charge in [-0.25, -0.2) is 0 Å². The van der Waals surface area contributed by atoms with Crippen LogP contribution in [0.3, 0.4) is 0 Å². The van der Waals surface area contributed by atoms with E-state index in [-0.39, 0.29) is 0 Å². The molecule has 38 heavy (non-hydrogen) atoms. The van der Waals surface area contributed by atoms with Crippen LogP contribution in [0.1, 0.15) is 29.2 Å². The highest BCUT2D eigenvalue weighted by Gasteiger charge is 2.28. The summed E-state index contributed by atoms with van der Waals surface area (Å²) in [6.07, 6.45) is 2.35. The zero-order valence-corrected chi connectivity index (χ0v) is 23.3. The van der Waals surface area contributed by atoms with E-state index in [0.29, 0.717) is 0 Å². The lowest BCUT2D eigenvalue weighted by molar-refractivity contribution is 0.687. The monoisotopic (exact) mass is 520 g/mol. The van der Waals surface area contributed by atoms with E-state index in [0.717, 1.165) is 52.0 Å². The minimum Gasteiger partial charge on any atom is -0.388 e. The molecule has 6 rings (SSSR count). The molecule has 0 spiro atoms. The van der Waals surface area contributed by atoms with Crippen LogP contribution >= 0.6 is 11.3 Å². The number of hydrogen-bond donors (Lipinski definition) is 2. The number of rotatable bonds is 6. The number of aryl methyl sites for hydroxylation is 1. The van der Waals surface area contributed by atoms with Gasteiger partial charge in [0.05, 0.1) is 16.9 Å². The molecule has 3 heterocycles. The molecular weight excluding hydrogens is 488 g/mol. The Morgan fingerprint density at radius 2 is 1.74 bits per heavy atom. The van der Waals surface area contributed by atoms with Gasteiger partial charge in [-0.15, -0.1) is 10.2 Å². The molecule has 6 nitrogen and oxygen atoms in total. The van der Waals surface area contributed by atoms with Gasteiger partial charge in [0.2, 0.25) is 0 Å². The highest BCUT2D eigenvalue weighted by molar-refractivity contribution is 7.17. The molecule has 0 saturated carbocycles. The summed E-state index contributed by atoms with van der Waals surface area (Å²) in [7, 11) is 4.08. The van der Waals surface area contributed by atoms with E-state index >= 15 is 0 Å². The van der Waals surface area contributed by atoms with Gasteiger partial charge >= 0.3 is 0 Å². The van der Waals surface area contributed by atoms with Gasteiger partial charge < -0.3 is 20.2 Å². The number of anilines is 2. The predicted octanol–water partition coefficient (Wildman–Crippen LogP) is 7.16. The van der Waals surface area contributed by atoms with Crippen LogP contribution < -0.4 is 10.2 Å².